The van der Waals surface area contributed by atoms with Gasteiger partial charge in [-0.15, -0.1) is 0 Å². The lowest BCUT2D eigenvalue weighted by molar-refractivity contribution is 0.669. The van der Waals surface area contributed by atoms with Gasteiger partial charge in [-0.3, -0.25) is 0 Å². The Hall–Kier alpha value is -7.82. The average Bonchev–Trinajstić information content (AvgIpc) is 3.82. The van der Waals surface area contributed by atoms with E-state index in [9.17, 15) is 0 Å². The van der Waals surface area contributed by atoms with Gasteiger partial charge in [-0.05, 0) is 80.7 Å². The van der Waals surface area contributed by atoms with Gasteiger partial charge < -0.3 is 8.98 Å². The molecule has 274 valence electrons. The standard InChI is InChI=1S/C55H33N3O/c1-2-12-34(13-3-1)36-18-10-19-39(28-36)53-47-26-33-24-25-41-44-29-37-15-4-5-16-38(37)30-49(44)58(48(41)27-33)50-31-45-42-21-8-9-23-51(42)59-52(45)32-46(50)54(47)57-55(56-53)43-22-11-17-35-14-6-7-20-40(35)43/h1-25,27-32H,26H2. The summed E-state index contributed by atoms with van der Waals surface area (Å²) in [6.45, 7) is 0. The maximum absolute atomic E-state index is 6.68. The summed E-state index contributed by atoms with van der Waals surface area (Å²) in [7, 11) is 0. The Bertz CT molecular complexity index is 3700. The lowest BCUT2D eigenvalue weighted by atomic mass is 9.92. The summed E-state index contributed by atoms with van der Waals surface area (Å²) in [5.74, 6) is 0.691. The number of para-hydroxylation sites is 1. The molecule has 2 bridgehead atoms. The fourth-order valence-corrected chi connectivity index (χ4v) is 9.59. The van der Waals surface area contributed by atoms with Crippen LogP contribution in [0.25, 0.3) is 116 Å². The molecule has 0 fully saturated rings. The summed E-state index contributed by atoms with van der Waals surface area (Å²) < 4.78 is 9.16. The van der Waals surface area contributed by atoms with Crippen LogP contribution in [0.5, 0.6) is 0 Å². The molecule has 1 aliphatic heterocycles. The lowest BCUT2D eigenvalue weighted by Crippen LogP contribution is -2.06. The third kappa shape index (κ3) is 4.90. The van der Waals surface area contributed by atoms with E-state index in [-0.39, 0.29) is 0 Å². The van der Waals surface area contributed by atoms with Crippen LogP contribution in [0.1, 0.15) is 11.1 Å². The molecule has 0 spiro atoms. The van der Waals surface area contributed by atoms with Crippen LogP contribution >= 0.6 is 0 Å². The minimum atomic E-state index is 0.646. The van der Waals surface area contributed by atoms with Crippen LogP contribution in [-0.4, -0.2) is 14.5 Å². The first-order valence-electron chi connectivity index (χ1n) is 20.2. The van der Waals surface area contributed by atoms with Crippen LogP contribution in [0, 0.1) is 0 Å². The van der Waals surface area contributed by atoms with Gasteiger partial charge in [-0.2, -0.15) is 0 Å². The van der Waals surface area contributed by atoms with E-state index in [1.165, 1.54) is 38.2 Å². The molecule has 12 aromatic rings. The molecule has 4 heterocycles. The highest BCUT2D eigenvalue weighted by molar-refractivity contribution is 6.15. The van der Waals surface area contributed by atoms with Gasteiger partial charge >= 0.3 is 0 Å². The Morgan fingerprint density at radius 3 is 2.00 bits per heavy atom. The minimum absolute atomic E-state index is 0.646. The second-order valence-corrected chi connectivity index (χ2v) is 15.7. The van der Waals surface area contributed by atoms with Gasteiger partial charge in [0.05, 0.1) is 28.1 Å². The maximum atomic E-state index is 6.68. The highest BCUT2D eigenvalue weighted by atomic mass is 16.3. The lowest BCUT2D eigenvalue weighted by Gasteiger charge is -2.19. The quantitative estimate of drug-likeness (QED) is 0.181. The SMILES string of the molecule is c1ccc(-c2cccc(-c3nc(-c4cccc5ccccc45)nc4c3Cc3ccc5c6cc7ccccc7cc6n(c5c3)-c3cc5c(cc3-4)oc3ccccc35)c2)cc1. The van der Waals surface area contributed by atoms with E-state index in [4.69, 9.17) is 14.4 Å². The number of rotatable bonds is 3. The molecule has 0 radical (unpaired) electrons. The molecule has 3 aromatic heterocycles. The summed E-state index contributed by atoms with van der Waals surface area (Å²) in [5.41, 5.74) is 14.6. The molecule has 0 saturated carbocycles. The van der Waals surface area contributed by atoms with Crippen molar-refractivity contribution in [2.75, 3.05) is 0 Å². The van der Waals surface area contributed by atoms with E-state index in [2.05, 4.69) is 187 Å². The molecule has 4 heteroatoms. The van der Waals surface area contributed by atoms with Crippen LogP contribution in [0.3, 0.4) is 0 Å². The smallest absolute Gasteiger partial charge is 0.161 e. The summed E-state index contributed by atoms with van der Waals surface area (Å²) in [6, 6.07) is 67.7. The van der Waals surface area contributed by atoms with Gasteiger partial charge in [0.25, 0.3) is 0 Å². The van der Waals surface area contributed by atoms with Gasteiger partial charge in [-0.25, -0.2) is 9.97 Å². The predicted molar refractivity (Wildman–Crippen MR) is 243 cm³/mol. The summed E-state index contributed by atoms with van der Waals surface area (Å²) >= 11 is 0. The first-order chi connectivity index (χ1) is 29.2. The minimum Gasteiger partial charge on any atom is -0.456 e. The van der Waals surface area contributed by atoms with Crippen molar-refractivity contribution in [2.45, 2.75) is 6.42 Å². The molecule has 9 aromatic carbocycles. The van der Waals surface area contributed by atoms with Crippen molar-refractivity contribution in [1.29, 1.82) is 0 Å². The Labute approximate surface area is 339 Å². The molecule has 59 heavy (non-hydrogen) atoms. The van der Waals surface area contributed by atoms with Crippen LogP contribution in [0.15, 0.2) is 192 Å². The third-order valence-corrected chi connectivity index (χ3v) is 12.4. The van der Waals surface area contributed by atoms with Crippen molar-refractivity contribution in [2.24, 2.45) is 0 Å². The number of hydrogen-bond donors (Lipinski definition) is 0. The van der Waals surface area contributed by atoms with E-state index < -0.39 is 0 Å². The van der Waals surface area contributed by atoms with Gasteiger partial charge in [0.1, 0.15) is 11.2 Å². The first-order valence-corrected chi connectivity index (χ1v) is 20.2. The third-order valence-electron chi connectivity index (χ3n) is 12.4. The topological polar surface area (TPSA) is 43.9 Å². The van der Waals surface area contributed by atoms with Gasteiger partial charge in [0.15, 0.2) is 5.82 Å². The van der Waals surface area contributed by atoms with Crippen LogP contribution in [-0.2, 0) is 6.42 Å². The molecule has 4 nitrogen and oxygen atoms in total. The molecule has 0 amide bonds. The Balaban J connectivity index is 1.20. The fraction of sp³-hybridized carbons (Fsp3) is 0.0182. The second kappa shape index (κ2) is 12.3. The molecule has 13 rings (SSSR count). The Kier molecular flexibility index (Phi) is 6.75. The van der Waals surface area contributed by atoms with E-state index >= 15 is 0 Å². The number of aromatic nitrogens is 3. The van der Waals surface area contributed by atoms with Gasteiger partial charge in [-0.1, -0.05) is 146 Å². The van der Waals surface area contributed by atoms with Crippen molar-refractivity contribution in [3.63, 3.8) is 0 Å². The van der Waals surface area contributed by atoms with Crippen LogP contribution < -0.4 is 0 Å². The average molecular weight is 752 g/mol. The van der Waals surface area contributed by atoms with E-state index in [1.807, 2.05) is 6.07 Å². The van der Waals surface area contributed by atoms with Gasteiger partial charge in [0, 0.05) is 50.2 Å². The highest BCUT2D eigenvalue weighted by Gasteiger charge is 2.27. The second-order valence-electron chi connectivity index (χ2n) is 15.7. The van der Waals surface area contributed by atoms with Crippen molar-refractivity contribution in [1.82, 2.24) is 14.5 Å². The first kappa shape index (κ1) is 32.3. The van der Waals surface area contributed by atoms with Crippen molar-refractivity contribution in [3.8, 4) is 50.7 Å². The Morgan fingerprint density at radius 2 is 1.10 bits per heavy atom. The normalized spacial score (nSPS) is 12.3. The molecule has 1 aliphatic rings. The molecule has 0 N–H and O–H groups in total. The summed E-state index contributed by atoms with van der Waals surface area (Å²) in [5, 5.41) is 9.32. The van der Waals surface area contributed by atoms with Crippen molar-refractivity contribution in [3.05, 3.63) is 199 Å². The molecule has 0 saturated heterocycles. The van der Waals surface area contributed by atoms with E-state index in [1.54, 1.807) is 0 Å². The zero-order valence-electron chi connectivity index (χ0n) is 31.9. The predicted octanol–water partition coefficient (Wildman–Crippen LogP) is 14.4. The van der Waals surface area contributed by atoms with Crippen molar-refractivity contribution < 1.29 is 4.42 Å². The maximum Gasteiger partial charge on any atom is 0.161 e. The summed E-state index contributed by atoms with van der Waals surface area (Å²) in [6.07, 6.45) is 0.646. The molecule has 0 unspecified atom stereocenters. The van der Waals surface area contributed by atoms with E-state index in [0.29, 0.717) is 12.2 Å². The fourth-order valence-electron chi connectivity index (χ4n) is 9.59. The largest absolute Gasteiger partial charge is 0.456 e. The summed E-state index contributed by atoms with van der Waals surface area (Å²) in [4.78, 5) is 11.3. The Morgan fingerprint density at radius 1 is 0.407 bits per heavy atom. The molecular formula is C55H33N3O. The van der Waals surface area contributed by atoms with Crippen LogP contribution in [0.4, 0.5) is 0 Å². The van der Waals surface area contributed by atoms with E-state index in [0.717, 1.165) is 83.1 Å². The molecule has 0 aliphatic carbocycles. The van der Waals surface area contributed by atoms with Gasteiger partial charge in [0.2, 0.25) is 0 Å². The number of furan rings is 1. The monoisotopic (exact) mass is 751 g/mol. The zero-order chi connectivity index (χ0) is 38.6. The number of hydrogen-bond acceptors (Lipinski definition) is 3. The molecular weight excluding hydrogens is 719 g/mol. The number of benzene rings is 9. The van der Waals surface area contributed by atoms with Crippen LogP contribution in [0.2, 0.25) is 0 Å². The highest BCUT2D eigenvalue weighted by Crippen LogP contribution is 2.46. The molecule has 0 atom stereocenters. The number of fused-ring (bicyclic) bond motifs is 13. The zero-order valence-corrected chi connectivity index (χ0v) is 31.9. The number of nitrogens with zero attached hydrogens (tertiary/aromatic N) is 3. The van der Waals surface area contributed by atoms with Crippen molar-refractivity contribution >= 4 is 65.3 Å².